The van der Waals surface area contributed by atoms with E-state index in [1.165, 1.54) is 30.4 Å². The zero-order chi connectivity index (χ0) is 12.5. The number of carboxylic acids is 1. The molecular weight excluding hydrogens is 212 g/mol. The van der Waals surface area contributed by atoms with E-state index in [1.54, 1.807) is 0 Å². The molecule has 0 fully saturated rings. The summed E-state index contributed by atoms with van der Waals surface area (Å²) in [5.41, 5.74) is 2.63. The van der Waals surface area contributed by atoms with E-state index in [1.807, 2.05) is 0 Å². The molecule has 0 aliphatic rings. The van der Waals surface area contributed by atoms with Gasteiger partial charge >= 0.3 is 5.97 Å². The second kappa shape index (κ2) is 7.88. The number of carboxylic acid groups (broad SMARTS) is 1. The Morgan fingerprint density at radius 2 is 1.53 bits per heavy atom. The van der Waals surface area contributed by atoms with E-state index in [0.717, 1.165) is 19.3 Å². The summed E-state index contributed by atoms with van der Waals surface area (Å²) < 4.78 is 0. The van der Waals surface area contributed by atoms with Crippen molar-refractivity contribution in [2.24, 2.45) is 0 Å². The maximum absolute atomic E-state index is 10.4. The highest BCUT2D eigenvalue weighted by Crippen LogP contribution is 2.11. The second-order valence-electron chi connectivity index (χ2n) is 4.52. The van der Waals surface area contributed by atoms with Gasteiger partial charge in [-0.25, -0.2) is 0 Å². The van der Waals surface area contributed by atoms with E-state index in [9.17, 15) is 4.79 Å². The first-order chi connectivity index (χ1) is 8.22. The van der Waals surface area contributed by atoms with Crippen LogP contribution in [0.3, 0.4) is 0 Å². The lowest BCUT2D eigenvalue weighted by Gasteiger charge is -2.03. The van der Waals surface area contributed by atoms with Crippen molar-refractivity contribution >= 4 is 5.97 Å². The van der Waals surface area contributed by atoms with Crippen molar-refractivity contribution in [1.29, 1.82) is 0 Å². The molecule has 0 aromatic heterocycles. The Labute approximate surface area is 104 Å². The molecule has 0 unspecified atom stereocenters. The largest absolute Gasteiger partial charge is 0.481 e. The molecule has 2 nitrogen and oxygen atoms in total. The fourth-order valence-electron chi connectivity index (χ4n) is 1.90. The molecule has 1 N–H and O–H groups in total. The normalized spacial score (nSPS) is 10.4. The molecule has 0 amide bonds. The summed E-state index contributed by atoms with van der Waals surface area (Å²) in [5.74, 6) is -0.707. The van der Waals surface area contributed by atoms with E-state index in [0.29, 0.717) is 0 Å². The fourth-order valence-corrected chi connectivity index (χ4v) is 1.90. The summed E-state index contributed by atoms with van der Waals surface area (Å²) in [6.07, 6.45) is 6.82. The molecule has 0 heterocycles. The Bertz CT molecular complexity index is 327. The first-order valence-corrected chi connectivity index (χ1v) is 6.52. The van der Waals surface area contributed by atoms with Gasteiger partial charge in [0.15, 0.2) is 0 Å². The van der Waals surface area contributed by atoms with Gasteiger partial charge < -0.3 is 5.11 Å². The van der Waals surface area contributed by atoms with Gasteiger partial charge in [-0.1, -0.05) is 44.0 Å². The lowest BCUT2D eigenvalue weighted by atomic mass is 10.0. The van der Waals surface area contributed by atoms with Crippen LogP contribution in [0.4, 0.5) is 0 Å². The molecule has 0 aliphatic heterocycles. The molecule has 94 valence electrons. The van der Waals surface area contributed by atoms with E-state index in [-0.39, 0.29) is 6.42 Å². The SMILES string of the molecule is CCCCCc1ccc(CCCC(=O)O)cc1. The van der Waals surface area contributed by atoms with E-state index < -0.39 is 5.97 Å². The van der Waals surface area contributed by atoms with E-state index >= 15 is 0 Å². The van der Waals surface area contributed by atoms with Crippen LogP contribution in [0, 0.1) is 0 Å². The number of hydrogen-bond donors (Lipinski definition) is 1. The first-order valence-electron chi connectivity index (χ1n) is 6.52. The second-order valence-corrected chi connectivity index (χ2v) is 4.52. The monoisotopic (exact) mass is 234 g/mol. The molecule has 0 radical (unpaired) electrons. The summed E-state index contributed by atoms with van der Waals surface area (Å²) in [7, 11) is 0. The van der Waals surface area contributed by atoms with Crippen molar-refractivity contribution in [1.82, 2.24) is 0 Å². The van der Waals surface area contributed by atoms with Crippen LogP contribution in [-0.2, 0) is 17.6 Å². The molecule has 17 heavy (non-hydrogen) atoms. The van der Waals surface area contributed by atoms with Crippen LogP contribution in [0.5, 0.6) is 0 Å². The average molecular weight is 234 g/mol. The molecule has 0 saturated carbocycles. The van der Waals surface area contributed by atoms with Gasteiger partial charge in [-0.2, -0.15) is 0 Å². The third-order valence-corrected chi connectivity index (χ3v) is 2.95. The summed E-state index contributed by atoms with van der Waals surface area (Å²) in [5, 5.41) is 8.56. The number of benzene rings is 1. The van der Waals surface area contributed by atoms with Crippen molar-refractivity contribution in [3.05, 3.63) is 35.4 Å². The van der Waals surface area contributed by atoms with Crippen LogP contribution in [0.2, 0.25) is 0 Å². The summed E-state index contributed by atoms with van der Waals surface area (Å²) in [6.45, 7) is 2.21. The molecule has 0 aliphatic carbocycles. The van der Waals surface area contributed by atoms with Gasteiger partial charge in [0.25, 0.3) is 0 Å². The highest BCUT2D eigenvalue weighted by atomic mass is 16.4. The van der Waals surface area contributed by atoms with Crippen LogP contribution in [0.25, 0.3) is 0 Å². The molecule has 0 bridgehead atoms. The number of aliphatic carboxylic acids is 1. The molecule has 0 saturated heterocycles. The van der Waals surface area contributed by atoms with Crippen molar-refractivity contribution in [3.8, 4) is 0 Å². The van der Waals surface area contributed by atoms with Gasteiger partial charge in [0, 0.05) is 6.42 Å². The Morgan fingerprint density at radius 1 is 1.00 bits per heavy atom. The van der Waals surface area contributed by atoms with Gasteiger partial charge in [-0.15, -0.1) is 0 Å². The molecule has 0 spiro atoms. The number of hydrogen-bond acceptors (Lipinski definition) is 1. The summed E-state index contributed by atoms with van der Waals surface area (Å²) >= 11 is 0. The average Bonchev–Trinajstić information content (AvgIpc) is 2.31. The maximum atomic E-state index is 10.4. The highest BCUT2D eigenvalue weighted by molar-refractivity contribution is 5.66. The zero-order valence-corrected chi connectivity index (χ0v) is 10.6. The van der Waals surface area contributed by atoms with Crippen LogP contribution >= 0.6 is 0 Å². The van der Waals surface area contributed by atoms with Gasteiger partial charge in [-0.3, -0.25) is 4.79 Å². The summed E-state index contributed by atoms with van der Waals surface area (Å²) in [4.78, 5) is 10.4. The smallest absolute Gasteiger partial charge is 0.303 e. The Hall–Kier alpha value is -1.31. The highest BCUT2D eigenvalue weighted by Gasteiger charge is 1.99. The Morgan fingerprint density at radius 3 is 2.00 bits per heavy atom. The molecule has 1 rings (SSSR count). The van der Waals surface area contributed by atoms with E-state index in [4.69, 9.17) is 5.11 Å². The van der Waals surface area contributed by atoms with Crippen LogP contribution in [0.15, 0.2) is 24.3 Å². The lowest BCUT2D eigenvalue weighted by Crippen LogP contribution is -1.96. The van der Waals surface area contributed by atoms with Crippen molar-refractivity contribution in [3.63, 3.8) is 0 Å². The predicted octanol–water partition coefficient (Wildman–Crippen LogP) is 3.83. The molecule has 1 aromatic rings. The van der Waals surface area contributed by atoms with Crippen LogP contribution in [-0.4, -0.2) is 11.1 Å². The topological polar surface area (TPSA) is 37.3 Å². The minimum atomic E-state index is -0.707. The zero-order valence-electron chi connectivity index (χ0n) is 10.6. The third kappa shape index (κ3) is 6.10. The van der Waals surface area contributed by atoms with Gasteiger partial charge in [0.05, 0.1) is 0 Å². The Balaban J connectivity index is 2.31. The number of carbonyl (C=O) groups is 1. The number of aryl methyl sites for hydroxylation is 2. The first kappa shape index (κ1) is 13.8. The molecule has 2 heteroatoms. The maximum Gasteiger partial charge on any atom is 0.303 e. The summed E-state index contributed by atoms with van der Waals surface area (Å²) in [6, 6.07) is 8.60. The number of rotatable bonds is 8. The minimum absolute atomic E-state index is 0.262. The van der Waals surface area contributed by atoms with Crippen molar-refractivity contribution < 1.29 is 9.90 Å². The Kier molecular flexibility index (Phi) is 6.38. The molecular formula is C15H22O2. The van der Waals surface area contributed by atoms with Gasteiger partial charge in [0.1, 0.15) is 0 Å². The van der Waals surface area contributed by atoms with Gasteiger partial charge in [0.2, 0.25) is 0 Å². The number of unbranched alkanes of at least 4 members (excludes halogenated alkanes) is 2. The predicted molar refractivity (Wildman–Crippen MR) is 70.2 cm³/mol. The van der Waals surface area contributed by atoms with Crippen molar-refractivity contribution in [2.75, 3.05) is 0 Å². The van der Waals surface area contributed by atoms with Crippen molar-refractivity contribution in [2.45, 2.75) is 51.9 Å². The fraction of sp³-hybridized carbons (Fsp3) is 0.533. The van der Waals surface area contributed by atoms with E-state index in [2.05, 4.69) is 31.2 Å². The quantitative estimate of drug-likeness (QED) is 0.694. The van der Waals surface area contributed by atoms with Gasteiger partial charge in [-0.05, 0) is 36.8 Å². The lowest BCUT2D eigenvalue weighted by molar-refractivity contribution is -0.137. The minimum Gasteiger partial charge on any atom is -0.481 e. The van der Waals surface area contributed by atoms with Crippen LogP contribution in [0.1, 0.15) is 50.2 Å². The standard InChI is InChI=1S/C15H22O2/c1-2-3-4-6-13-9-11-14(12-10-13)7-5-8-15(16)17/h9-12H,2-8H2,1H3,(H,16,17). The molecule has 1 aromatic carbocycles. The third-order valence-electron chi connectivity index (χ3n) is 2.95. The van der Waals surface area contributed by atoms with Crippen LogP contribution < -0.4 is 0 Å². The molecule has 0 atom stereocenters.